The largest absolute Gasteiger partial charge is 0.460 e. The maximum absolute atomic E-state index is 12.8. The Labute approximate surface area is 165 Å². The second-order valence-electron chi connectivity index (χ2n) is 6.24. The predicted octanol–water partition coefficient (Wildman–Crippen LogP) is 5.77. The maximum Gasteiger partial charge on any atom is 0.256 e. The van der Waals surface area contributed by atoms with Gasteiger partial charge in [-0.2, -0.15) is 0 Å². The lowest BCUT2D eigenvalue weighted by Crippen LogP contribution is -2.14. The van der Waals surface area contributed by atoms with E-state index in [1.807, 2.05) is 48.7 Å². The molecule has 136 valence electrons. The Hall–Kier alpha value is -2.76. The second kappa shape index (κ2) is 6.76. The van der Waals surface area contributed by atoms with Crippen LogP contribution in [0.1, 0.15) is 21.7 Å². The number of imidazole rings is 1. The molecule has 7 heteroatoms. The number of carbonyl (C=O) groups excluding carboxylic acids is 1. The molecule has 4 aromatic rings. The van der Waals surface area contributed by atoms with E-state index in [9.17, 15) is 4.79 Å². The average Bonchev–Trinajstić information content (AvgIpc) is 3.21. The Bertz CT molecular complexity index is 1180. The number of aromatic nitrogens is 2. The molecule has 0 unspecified atom stereocenters. The predicted molar refractivity (Wildman–Crippen MR) is 107 cm³/mol. The molecule has 0 aliphatic rings. The van der Waals surface area contributed by atoms with E-state index in [2.05, 4.69) is 10.3 Å². The molecule has 3 heterocycles. The van der Waals surface area contributed by atoms with Crippen molar-refractivity contribution in [3.63, 3.8) is 0 Å². The van der Waals surface area contributed by atoms with Crippen molar-refractivity contribution in [2.75, 3.05) is 5.32 Å². The number of nitrogens with one attached hydrogen (secondary N) is 1. The summed E-state index contributed by atoms with van der Waals surface area (Å²) in [6, 6.07) is 12.3. The second-order valence-corrected chi connectivity index (χ2v) is 7.05. The molecule has 0 saturated heterocycles. The average molecular weight is 400 g/mol. The molecule has 0 spiro atoms. The molecule has 0 aliphatic heterocycles. The number of furan rings is 1. The van der Waals surface area contributed by atoms with Crippen molar-refractivity contribution in [2.24, 2.45) is 0 Å². The van der Waals surface area contributed by atoms with Crippen LogP contribution in [0.5, 0.6) is 0 Å². The molecular formula is C20H15Cl2N3O2. The van der Waals surface area contributed by atoms with Crippen molar-refractivity contribution < 1.29 is 9.21 Å². The highest BCUT2D eigenvalue weighted by Gasteiger charge is 2.20. The summed E-state index contributed by atoms with van der Waals surface area (Å²) in [5, 5.41) is 3.64. The number of pyridine rings is 1. The fourth-order valence-corrected chi connectivity index (χ4v) is 3.12. The van der Waals surface area contributed by atoms with Gasteiger partial charge in [-0.05, 0) is 55.8 Å². The molecule has 3 aromatic heterocycles. The quantitative estimate of drug-likeness (QED) is 0.475. The number of hydrogen-bond acceptors (Lipinski definition) is 3. The Morgan fingerprint density at radius 1 is 1.07 bits per heavy atom. The van der Waals surface area contributed by atoms with Crippen molar-refractivity contribution in [1.29, 1.82) is 0 Å². The van der Waals surface area contributed by atoms with Gasteiger partial charge in [0, 0.05) is 11.8 Å². The van der Waals surface area contributed by atoms with E-state index >= 15 is 0 Å². The lowest BCUT2D eigenvalue weighted by molar-refractivity contribution is 0.102. The summed E-state index contributed by atoms with van der Waals surface area (Å²) < 4.78 is 7.56. The van der Waals surface area contributed by atoms with Crippen LogP contribution in [0.25, 0.3) is 17.1 Å². The Morgan fingerprint density at radius 2 is 1.89 bits per heavy atom. The lowest BCUT2D eigenvalue weighted by Gasteiger charge is -2.08. The maximum atomic E-state index is 12.8. The van der Waals surface area contributed by atoms with Gasteiger partial charge < -0.3 is 9.73 Å². The number of nitrogens with zero attached hydrogens (tertiary/aromatic N) is 2. The number of aryl methyl sites for hydroxylation is 2. The molecule has 0 aliphatic carbocycles. The number of benzene rings is 1. The summed E-state index contributed by atoms with van der Waals surface area (Å²) in [7, 11) is 0. The van der Waals surface area contributed by atoms with Gasteiger partial charge in [-0.1, -0.05) is 29.3 Å². The normalized spacial score (nSPS) is 11.1. The topological polar surface area (TPSA) is 59.5 Å². The molecule has 0 radical (unpaired) electrons. The minimum atomic E-state index is -0.318. The van der Waals surface area contributed by atoms with Crippen LogP contribution in [-0.2, 0) is 0 Å². The fourth-order valence-electron chi connectivity index (χ4n) is 2.82. The minimum absolute atomic E-state index is 0.318. The number of rotatable bonds is 3. The fraction of sp³-hybridized carbons (Fsp3) is 0.100. The molecular weight excluding hydrogens is 385 g/mol. The molecule has 0 fully saturated rings. The molecule has 1 amide bonds. The van der Waals surface area contributed by atoms with Gasteiger partial charge in [0.05, 0.1) is 10.0 Å². The zero-order chi connectivity index (χ0) is 19.1. The van der Waals surface area contributed by atoms with Crippen LogP contribution in [0.3, 0.4) is 0 Å². The molecule has 5 nitrogen and oxygen atoms in total. The van der Waals surface area contributed by atoms with E-state index in [4.69, 9.17) is 27.6 Å². The first kappa shape index (κ1) is 17.6. The van der Waals surface area contributed by atoms with Crippen molar-refractivity contribution in [2.45, 2.75) is 13.8 Å². The molecule has 0 atom stereocenters. The summed E-state index contributed by atoms with van der Waals surface area (Å²) in [6.07, 6.45) is 1.91. The van der Waals surface area contributed by atoms with E-state index in [1.165, 1.54) is 6.07 Å². The number of hydrogen-bond donors (Lipinski definition) is 1. The highest BCUT2D eigenvalue weighted by Crippen LogP contribution is 2.31. The molecule has 1 aromatic carbocycles. The smallest absolute Gasteiger partial charge is 0.256 e. The van der Waals surface area contributed by atoms with Crippen LogP contribution < -0.4 is 5.32 Å². The van der Waals surface area contributed by atoms with Gasteiger partial charge in [-0.15, -0.1) is 0 Å². The first-order valence-electron chi connectivity index (χ1n) is 8.24. The highest BCUT2D eigenvalue weighted by molar-refractivity contribution is 6.42. The van der Waals surface area contributed by atoms with Gasteiger partial charge in [-0.25, -0.2) is 4.98 Å². The first-order chi connectivity index (χ1) is 12.9. The third-order valence-electron chi connectivity index (χ3n) is 4.15. The Morgan fingerprint density at radius 3 is 2.59 bits per heavy atom. The van der Waals surface area contributed by atoms with Crippen LogP contribution >= 0.6 is 23.2 Å². The van der Waals surface area contributed by atoms with Gasteiger partial charge in [0.1, 0.15) is 22.9 Å². The van der Waals surface area contributed by atoms with Gasteiger partial charge in [0.2, 0.25) is 0 Å². The van der Waals surface area contributed by atoms with Crippen LogP contribution in [0, 0.1) is 13.8 Å². The van der Waals surface area contributed by atoms with Gasteiger partial charge in [0.15, 0.2) is 5.76 Å². The first-order valence-corrected chi connectivity index (χ1v) is 9.00. The molecule has 0 bridgehead atoms. The number of anilines is 1. The summed E-state index contributed by atoms with van der Waals surface area (Å²) in [4.78, 5) is 17.4. The molecule has 4 rings (SSSR count). The summed E-state index contributed by atoms with van der Waals surface area (Å²) in [6.45, 7) is 3.83. The van der Waals surface area contributed by atoms with Crippen molar-refractivity contribution in [1.82, 2.24) is 9.38 Å². The number of fused-ring (bicyclic) bond motifs is 1. The Balaban J connectivity index is 1.82. The number of amides is 1. The van der Waals surface area contributed by atoms with E-state index < -0.39 is 0 Å². The molecule has 27 heavy (non-hydrogen) atoms. The zero-order valence-electron chi connectivity index (χ0n) is 14.6. The number of halogens is 2. The van der Waals surface area contributed by atoms with E-state index in [0.717, 1.165) is 11.3 Å². The van der Waals surface area contributed by atoms with E-state index in [1.54, 1.807) is 12.1 Å². The van der Waals surface area contributed by atoms with Gasteiger partial charge >= 0.3 is 0 Å². The van der Waals surface area contributed by atoms with Crippen LogP contribution in [0.15, 0.2) is 53.1 Å². The summed E-state index contributed by atoms with van der Waals surface area (Å²) in [5.41, 5.74) is 2.69. The van der Waals surface area contributed by atoms with Crippen LogP contribution in [0.2, 0.25) is 10.0 Å². The van der Waals surface area contributed by atoms with E-state index in [-0.39, 0.29) is 5.91 Å². The van der Waals surface area contributed by atoms with Gasteiger partial charge in [0.25, 0.3) is 5.91 Å². The van der Waals surface area contributed by atoms with Gasteiger partial charge in [-0.3, -0.25) is 9.20 Å². The summed E-state index contributed by atoms with van der Waals surface area (Å²) >= 11 is 12.0. The van der Waals surface area contributed by atoms with E-state index in [0.29, 0.717) is 38.5 Å². The molecule has 0 saturated carbocycles. The number of carbonyl (C=O) groups is 1. The monoisotopic (exact) mass is 399 g/mol. The standard InChI is InChI=1S/C20H15Cl2N3O2/c1-11-3-8-17-23-18(16-7-4-12(2)27-16)19(25(17)10-11)24-20(26)13-5-6-14(21)15(22)9-13/h3-10H,1-2H3,(H,24,26). The Kier molecular flexibility index (Phi) is 4.42. The zero-order valence-corrected chi connectivity index (χ0v) is 16.1. The highest BCUT2D eigenvalue weighted by atomic mass is 35.5. The van der Waals surface area contributed by atoms with Crippen LogP contribution in [0.4, 0.5) is 5.82 Å². The summed E-state index contributed by atoms with van der Waals surface area (Å²) in [5.74, 6) is 1.55. The van der Waals surface area contributed by atoms with Crippen LogP contribution in [-0.4, -0.2) is 15.3 Å². The SMILES string of the molecule is Cc1ccc2nc(-c3ccc(C)o3)c(NC(=O)c3ccc(Cl)c(Cl)c3)n2c1. The third-order valence-corrected chi connectivity index (χ3v) is 4.89. The minimum Gasteiger partial charge on any atom is -0.460 e. The van der Waals surface area contributed by atoms with Crippen molar-refractivity contribution in [3.05, 3.63) is 75.6 Å². The van der Waals surface area contributed by atoms with Crippen molar-refractivity contribution in [3.8, 4) is 11.5 Å². The lowest BCUT2D eigenvalue weighted by atomic mass is 10.2. The van der Waals surface area contributed by atoms with Crippen molar-refractivity contribution >= 4 is 40.6 Å². The molecule has 1 N–H and O–H groups in total. The third kappa shape index (κ3) is 3.31.